The predicted molar refractivity (Wildman–Crippen MR) is 123 cm³/mol. The average molecular weight is 463 g/mol. The number of nitrogens with two attached hydrogens (primary N) is 1. The Labute approximate surface area is 195 Å². The lowest BCUT2D eigenvalue weighted by Gasteiger charge is -2.30. The van der Waals surface area contributed by atoms with Gasteiger partial charge in [0.25, 0.3) is 0 Å². The molecule has 184 valence electrons. The summed E-state index contributed by atoms with van der Waals surface area (Å²) < 4.78 is 5.37. The van der Waals surface area contributed by atoms with E-state index in [1.54, 1.807) is 25.7 Å². The Morgan fingerprint density at radius 1 is 1.24 bits per heavy atom. The van der Waals surface area contributed by atoms with Gasteiger partial charge in [-0.1, -0.05) is 31.9 Å². The first-order valence-electron chi connectivity index (χ1n) is 12.0. The summed E-state index contributed by atoms with van der Waals surface area (Å²) in [4.78, 5) is 53.0. The summed E-state index contributed by atoms with van der Waals surface area (Å²) in [5.41, 5.74) is 3.89. The van der Waals surface area contributed by atoms with Gasteiger partial charge in [-0.15, -0.1) is 0 Å². The first kappa shape index (κ1) is 25.1. The van der Waals surface area contributed by atoms with Crippen LogP contribution in [0.25, 0.3) is 0 Å². The second-order valence-corrected chi connectivity index (χ2v) is 10.7. The molecule has 5 atom stereocenters. The Balaban J connectivity index is 1.83. The number of carbonyl (C=O) groups is 4. The maximum absolute atomic E-state index is 13.5. The van der Waals surface area contributed by atoms with Crippen LogP contribution in [0, 0.1) is 11.8 Å². The van der Waals surface area contributed by atoms with Crippen LogP contribution in [-0.2, 0) is 19.1 Å². The number of rotatable bonds is 2. The van der Waals surface area contributed by atoms with E-state index in [-0.39, 0.29) is 23.7 Å². The van der Waals surface area contributed by atoms with Gasteiger partial charge in [-0.05, 0) is 58.8 Å². The number of hydrogen-bond acceptors (Lipinski definition) is 5. The monoisotopic (exact) mass is 462 g/mol. The Morgan fingerprint density at radius 3 is 2.64 bits per heavy atom. The molecular formula is C24H38N4O5. The van der Waals surface area contributed by atoms with Crippen molar-refractivity contribution >= 4 is 23.8 Å². The van der Waals surface area contributed by atoms with Crippen molar-refractivity contribution in [1.29, 1.82) is 0 Å². The number of amides is 4. The number of ether oxygens (including phenoxy) is 1. The molecule has 0 spiro atoms. The van der Waals surface area contributed by atoms with Crippen molar-refractivity contribution in [2.75, 3.05) is 6.54 Å². The van der Waals surface area contributed by atoms with Crippen LogP contribution in [0.4, 0.5) is 4.79 Å². The van der Waals surface area contributed by atoms with Crippen molar-refractivity contribution in [2.24, 2.45) is 17.6 Å². The maximum atomic E-state index is 13.5. The largest absolute Gasteiger partial charge is 0.444 e. The van der Waals surface area contributed by atoms with Crippen molar-refractivity contribution in [3.8, 4) is 0 Å². The highest BCUT2D eigenvalue weighted by atomic mass is 16.6. The number of nitrogens with one attached hydrogen (secondary N) is 2. The lowest BCUT2D eigenvalue weighted by Crippen LogP contribution is -2.57. The molecule has 3 aliphatic rings. The van der Waals surface area contributed by atoms with Gasteiger partial charge >= 0.3 is 6.09 Å². The highest BCUT2D eigenvalue weighted by molar-refractivity contribution is 5.97. The lowest BCUT2D eigenvalue weighted by molar-refractivity contribution is -0.141. The topological polar surface area (TPSA) is 131 Å². The van der Waals surface area contributed by atoms with Crippen molar-refractivity contribution in [3.63, 3.8) is 0 Å². The second-order valence-electron chi connectivity index (χ2n) is 10.7. The molecule has 1 saturated heterocycles. The molecule has 0 aromatic rings. The predicted octanol–water partition coefficient (Wildman–Crippen LogP) is 2.00. The maximum Gasteiger partial charge on any atom is 0.408 e. The van der Waals surface area contributed by atoms with E-state index < -0.39 is 35.2 Å². The van der Waals surface area contributed by atoms with Crippen LogP contribution >= 0.6 is 0 Å². The van der Waals surface area contributed by atoms with E-state index in [1.165, 1.54) is 0 Å². The fourth-order valence-corrected chi connectivity index (χ4v) is 4.81. The van der Waals surface area contributed by atoms with E-state index >= 15 is 0 Å². The second kappa shape index (κ2) is 9.73. The van der Waals surface area contributed by atoms with Crippen LogP contribution in [0.2, 0.25) is 0 Å². The van der Waals surface area contributed by atoms with Gasteiger partial charge in [-0.25, -0.2) is 4.79 Å². The summed E-state index contributed by atoms with van der Waals surface area (Å²) in [5.74, 6) is -1.21. The van der Waals surface area contributed by atoms with Gasteiger partial charge in [0.15, 0.2) is 0 Å². The molecule has 4 N–H and O–H groups in total. The van der Waals surface area contributed by atoms with Crippen molar-refractivity contribution in [3.05, 3.63) is 12.2 Å². The standard InChI is InChI=1S/C24H38N4O5/c1-15-12-18-19(29)27-24(21(25)31)13-16(24)10-8-6-5-7-9-11-17(20(30)28(18)14-15)26-22(32)33-23(2,3)4/h8,10,15-18H,5-7,9,11-14H2,1-4H3,(H2,25,31)(H,26,32)(H,27,29)/b10-8-/t15-,16?,17+,18+,24-/m1/s1. The minimum atomic E-state index is -1.08. The Morgan fingerprint density at radius 2 is 1.97 bits per heavy atom. The van der Waals surface area contributed by atoms with E-state index in [4.69, 9.17) is 10.5 Å². The van der Waals surface area contributed by atoms with Crippen LogP contribution in [0.1, 0.15) is 72.6 Å². The summed E-state index contributed by atoms with van der Waals surface area (Å²) in [6.07, 6.45) is 8.21. The number of primary amides is 1. The molecule has 1 unspecified atom stereocenters. The lowest BCUT2D eigenvalue weighted by atomic mass is 10.0. The minimum absolute atomic E-state index is 0.116. The number of nitrogens with zero attached hydrogens (tertiary/aromatic N) is 1. The van der Waals surface area contributed by atoms with Crippen LogP contribution in [0.3, 0.4) is 0 Å². The SMILES string of the molecule is C[C@@H]1C[C@H]2C(=O)N[C@]3(C(N)=O)CC3/C=C\CCCCC[C@H](NC(=O)OC(C)(C)C)C(=O)N2C1. The van der Waals surface area contributed by atoms with Gasteiger partial charge < -0.3 is 26.0 Å². The Hall–Kier alpha value is -2.58. The third-order valence-corrected chi connectivity index (χ3v) is 6.62. The minimum Gasteiger partial charge on any atom is -0.444 e. The molecule has 2 fully saturated rings. The van der Waals surface area contributed by atoms with Gasteiger partial charge in [-0.2, -0.15) is 0 Å². The van der Waals surface area contributed by atoms with Crippen LogP contribution in [0.15, 0.2) is 12.2 Å². The fraction of sp³-hybridized carbons (Fsp3) is 0.750. The third kappa shape index (κ3) is 6.06. The van der Waals surface area contributed by atoms with E-state index in [9.17, 15) is 19.2 Å². The molecule has 9 heteroatoms. The van der Waals surface area contributed by atoms with Crippen LogP contribution < -0.4 is 16.4 Å². The molecule has 0 bridgehead atoms. The van der Waals surface area contributed by atoms with Gasteiger partial charge in [0.1, 0.15) is 23.2 Å². The van der Waals surface area contributed by atoms with Crippen molar-refractivity contribution in [1.82, 2.24) is 15.5 Å². The Bertz CT molecular complexity index is 820. The zero-order valence-electron chi connectivity index (χ0n) is 20.2. The molecule has 33 heavy (non-hydrogen) atoms. The molecule has 1 saturated carbocycles. The van der Waals surface area contributed by atoms with Gasteiger partial charge in [0, 0.05) is 12.5 Å². The molecule has 2 aliphatic heterocycles. The summed E-state index contributed by atoms with van der Waals surface area (Å²) in [5, 5.41) is 5.60. The third-order valence-electron chi connectivity index (χ3n) is 6.62. The molecule has 9 nitrogen and oxygen atoms in total. The number of carbonyl (C=O) groups excluding carboxylic acids is 4. The van der Waals surface area contributed by atoms with Crippen molar-refractivity contribution < 1.29 is 23.9 Å². The first-order chi connectivity index (χ1) is 15.4. The molecule has 3 rings (SSSR count). The van der Waals surface area contributed by atoms with Crippen LogP contribution in [0.5, 0.6) is 0 Å². The summed E-state index contributed by atoms with van der Waals surface area (Å²) in [7, 11) is 0. The zero-order chi connectivity index (χ0) is 24.4. The molecule has 2 heterocycles. The number of hydrogen-bond donors (Lipinski definition) is 3. The van der Waals surface area contributed by atoms with Crippen LogP contribution in [-0.4, -0.2) is 58.5 Å². The fourth-order valence-electron chi connectivity index (χ4n) is 4.81. The molecule has 0 aromatic heterocycles. The number of alkyl carbamates (subject to hydrolysis) is 1. The van der Waals surface area contributed by atoms with Gasteiger partial charge in [0.2, 0.25) is 17.7 Å². The van der Waals surface area contributed by atoms with Gasteiger partial charge in [0.05, 0.1) is 0 Å². The van der Waals surface area contributed by atoms with E-state index in [2.05, 4.69) is 10.6 Å². The first-order valence-corrected chi connectivity index (χ1v) is 12.0. The highest BCUT2D eigenvalue weighted by Crippen LogP contribution is 2.45. The van der Waals surface area contributed by atoms with Gasteiger partial charge in [-0.3, -0.25) is 14.4 Å². The summed E-state index contributed by atoms with van der Waals surface area (Å²) in [6, 6.07) is -1.48. The average Bonchev–Trinajstić information content (AvgIpc) is 3.25. The van der Waals surface area contributed by atoms with E-state index in [0.29, 0.717) is 25.8 Å². The number of allylic oxidation sites excluding steroid dienone is 1. The Kier molecular flexibility index (Phi) is 7.39. The molecule has 1 aliphatic carbocycles. The number of fused-ring (bicyclic) bond motifs is 2. The van der Waals surface area contributed by atoms with E-state index in [0.717, 1.165) is 25.7 Å². The molecule has 4 amide bonds. The summed E-state index contributed by atoms with van der Waals surface area (Å²) in [6.45, 7) is 7.69. The normalized spacial score (nSPS) is 34.1. The molecular weight excluding hydrogens is 424 g/mol. The molecule has 0 radical (unpaired) electrons. The highest BCUT2D eigenvalue weighted by Gasteiger charge is 2.59. The van der Waals surface area contributed by atoms with Crippen molar-refractivity contribution in [2.45, 2.75) is 95.9 Å². The smallest absolute Gasteiger partial charge is 0.408 e. The van der Waals surface area contributed by atoms with E-state index in [1.807, 2.05) is 19.1 Å². The summed E-state index contributed by atoms with van der Waals surface area (Å²) >= 11 is 0. The molecule has 0 aromatic carbocycles. The quantitative estimate of drug-likeness (QED) is 0.540. The zero-order valence-corrected chi connectivity index (χ0v) is 20.2.